The number of nitrogens with one attached hydrogen (secondary N) is 1. The molecule has 1 aliphatic heterocycles. The third kappa shape index (κ3) is 3.77. The molecule has 0 atom stereocenters. The van der Waals surface area contributed by atoms with Crippen molar-refractivity contribution in [3.05, 3.63) is 107 Å². The SMILES string of the molecule is O=C(Nc1ncc(CN2C(=O)c3ccccc3C2=O)s1)c1ccn2cc(-c3ccccc3)nc2c1. The molecule has 3 aromatic heterocycles. The van der Waals surface area contributed by atoms with Crippen molar-refractivity contribution in [2.45, 2.75) is 6.54 Å². The summed E-state index contributed by atoms with van der Waals surface area (Å²) in [5, 5.41) is 3.17. The highest BCUT2D eigenvalue weighted by Gasteiger charge is 2.35. The Morgan fingerprint density at radius 3 is 2.40 bits per heavy atom. The van der Waals surface area contributed by atoms with E-state index in [9.17, 15) is 14.4 Å². The molecular formula is C26H17N5O3S. The second kappa shape index (κ2) is 8.30. The number of fused-ring (bicyclic) bond motifs is 2. The van der Waals surface area contributed by atoms with Crippen LogP contribution in [0.5, 0.6) is 0 Å². The maximum Gasteiger partial charge on any atom is 0.261 e. The highest BCUT2D eigenvalue weighted by molar-refractivity contribution is 7.15. The van der Waals surface area contributed by atoms with E-state index in [-0.39, 0.29) is 24.3 Å². The fraction of sp³-hybridized carbons (Fsp3) is 0.0385. The molecule has 0 spiro atoms. The minimum absolute atomic E-state index is 0.0994. The van der Waals surface area contributed by atoms with Gasteiger partial charge in [-0.2, -0.15) is 0 Å². The molecule has 6 rings (SSSR count). The number of aromatic nitrogens is 3. The van der Waals surface area contributed by atoms with Crippen LogP contribution >= 0.6 is 11.3 Å². The minimum atomic E-state index is -0.326. The summed E-state index contributed by atoms with van der Waals surface area (Å²) in [6.07, 6.45) is 5.27. The molecule has 1 aliphatic rings. The lowest BCUT2D eigenvalue weighted by molar-refractivity contribution is 0.0643. The van der Waals surface area contributed by atoms with Crippen molar-refractivity contribution in [3.63, 3.8) is 0 Å². The van der Waals surface area contributed by atoms with Gasteiger partial charge in [0.2, 0.25) is 0 Å². The smallest absolute Gasteiger partial charge is 0.261 e. The molecule has 0 radical (unpaired) electrons. The summed E-state index contributed by atoms with van der Waals surface area (Å²) in [7, 11) is 0. The first-order valence-electron chi connectivity index (χ1n) is 10.8. The number of rotatable bonds is 5. The minimum Gasteiger partial charge on any atom is -0.306 e. The van der Waals surface area contributed by atoms with Gasteiger partial charge >= 0.3 is 0 Å². The van der Waals surface area contributed by atoms with Crippen molar-refractivity contribution < 1.29 is 14.4 Å². The van der Waals surface area contributed by atoms with E-state index < -0.39 is 0 Å². The van der Waals surface area contributed by atoms with Gasteiger partial charge in [0.15, 0.2) is 5.13 Å². The van der Waals surface area contributed by atoms with E-state index in [0.29, 0.717) is 32.3 Å². The Morgan fingerprint density at radius 2 is 1.66 bits per heavy atom. The molecule has 3 amide bonds. The molecule has 9 heteroatoms. The maximum absolute atomic E-state index is 12.8. The number of amides is 3. The predicted molar refractivity (Wildman–Crippen MR) is 131 cm³/mol. The van der Waals surface area contributed by atoms with Crippen LogP contribution in [0.3, 0.4) is 0 Å². The first kappa shape index (κ1) is 20.9. The molecule has 170 valence electrons. The molecule has 0 bridgehead atoms. The van der Waals surface area contributed by atoms with E-state index >= 15 is 0 Å². The molecule has 5 aromatic rings. The third-order valence-corrected chi connectivity index (χ3v) is 6.66. The lowest BCUT2D eigenvalue weighted by atomic mass is 10.1. The summed E-state index contributed by atoms with van der Waals surface area (Å²) >= 11 is 1.22. The molecular weight excluding hydrogens is 462 g/mol. The van der Waals surface area contributed by atoms with Crippen molar-refractivity contribution in [3.8, 4) is 11.3 Å². The summed E-state index contributed by atoms with van der Waals surface area (Å²) in [5.74, 6) is -0.974. The molecule has 8 nitrogen and oxygen atoms in total. The van der Waals surface area contributed by atoms with Gasteiger partial charge in [0.1, 0.15) is 5.65 Å². The van der Waals surface area contributed by atoms with Crippen molar-refractivity contribution in [1.82, 2.24) is 19.3 Å². The summed E-state index contributed by atoms with van der Waals surface area (Å²) in [5.41, 5.74) is 3.72. The van der Waals surface area contributed by atoms with Gasteiger partial charge in [-0.3, -0.25) is 24.6 Å². The van der Waals surface area contributed by atoms with Gasteiger partial charge in [0, 0.05) is 34.6 Å². The summed E-state index contributed by atoms with van der Waals surface area (Å²) < 4.78 is 1.86. The van der Waals surface area contributed by atoms with Crippen LogP contribution in [0.1, 0.15) is 36.0 Å². The highest BCUT2D eigenvalue weighted by atomic mass is 32.1. The van der Waals surface area contributed by atoms with Crippen molar-refractivity contribution in [2.75, 3.05) is 5.32 Å². The Morgan fingerprint density at radius 1 is 0.943 bits per heavy atom. The molecule has 35 heavy (non-hydrogen) atoms. The molecule has 4 heterocycles. The summed E-state index contributed by atoms with van der Waals surface area (Å²) in [6.45, 7) is 0.0994. The zero-order chi connectivity index (χ0) is 23.9. The van der Waals surface area contributed by atoms with Gasteiger partial charge in [0.05, 0.1) is 23.4 Å². The second-order valence-electron chi connectivity index (χ2n) is 8.00. The number of carbonyl (C=O) groups excluding carboxylic acids is 3. The summed E-state index contributed by atoms with van der Waals surface area (Å²) in [4.78, 5) is 48.8. The van der Waals surface area contributed by atoms with Crippen LogP contribution in [0.25, 0.3) is 16.9 Å². The highest BCUT2D eigenvalue weighted by Crippen LogP contribution is 2.27. The van der Waals surface area contributed by atoms with Crippen LogP contribution in [0.15, 0.2) is 85.3 Å². The van der Waals surface area contributed by atoms with Crippen molar-refractivity contribution in [2.24, 2.45) is 0 Å². The first-order chi connectivity index (χ1) is 17.1. The quantitative estimate of drug-likeness (QED) is 0.374. The largest absolute Gasteiger partial charge is 0.306 e. The fourth-order valence-corrected chi connectivity index (χ4v) is 4.81. The average molecular weight is 480 g/mol. The van der Waals surface area contributed by atoms with Gasteiger partial charge < -0.3 is 4.40 Å². The lowest BCUT2D eigenvalue weighted by Crippen LogP contribution is -2.28. The number of hydrogen-bond donors (Lipinski definition) is 1. The predicted octanol–water partition coefficient (Wildman–Crippen LogP) is 4.51. The molecule has 2 aromatic carbocycles. The number of carbonyl (C=O) groups is 3. The number of nitrogens with zero attached hydrogens (tertiary/aromatic N) is 4. The van der Waals surface area contributed by atoms with E-state index in [0.717, 1.165) is 11.3 Å². The maximum atomic E-state index is 12.8. The number of anilines is 1. The number of thiazole rings is 1. The number of benzene rings is 2. The number of pyridine rings is 1. The van der Waals surface area contributed by atoms with Gasteiger partial charge in [-0.15, -0.1) is 0 Å². The van der Waals surface area contributed by atoms with Gasteiger partial charge in [0.25, 0.3) is 17.7 Å². The Bertz CT molecular complexity index is 1590. The topological polar surface area (TPSA) is 96.7 Å². The Labute approximate surface area is 203 Å². The monoisotopic (exact) mass is 479 g/mol. The summed E-state index contributed by atoms with van der Waals surface area (Å²) in [6, 6.07) is 20.0. The Hall–Kier alpha value is -4.63. The van der Waals surface area contributed by atoms with E-state index in [1.165, 1.54) is 16.2 Å². The van der Waals surface area contributed by atoms with Crippen LogP contribution < -0.4 is 5.32 Å². The zero-order valence-corrected chi connectivity index (χ0v) is 19.0. The second-order valence-corrected chi connectivity index (χ2v) is 9.12. The number of hydrogen-bond acceptors (Lipinski definition) is 6. The van der Waals surface area contributed by atoms with Crippen LogP contribution in [0.4, 0.5) is 5.13 Å². The first-order valence-corrected chi connectivity index (χ1v) is 11.6. The van der Waals surface area contributed by atoms with E-state index in [1.54, 1.807) is 48.8 Å². The standard InChI is InChI=1S/C26H17N5O3S/c32-23(17-10-11-30-15-21(28-22(30)12-17)16-6-2-1-3-7-16)29-26-27-13-18(35-26)14-31-24(33)19-8-4-5-9-20(19)25(31)34/h1-13,15H,14H2,(H,27,29,32). The van der Waals surface area contributed by atoms with E-state index in [1.807, 2.05) is 40.9 Å². The van der Waals surface area contributed by atoms with Crippen LogP contribution in [0.2, 0.25) is 0 Å². The zero-order valence-electron chi connectivity index (χ0n) is 18.2. The average Bonchev–Trinajstić information content (AvgIpc) is 3.58. The van der Waals surface area contributed by atoms with Gasteiger partial charge in [-0.1, -0.05) is 53.8 Å². The van der Waals surface area contributed by atoms with Crippen LogP contribution in [0, 0.1) is 0 Å². The van der Waals surface area contributed by atoms with Gasteiger partial charge in [-0.05, 0) is 24.3 Å². The van der Waals surface area contributed by atoms with Crippen LogP contribution in [-0.4, -0.2) is 37.0 Å². The molecule has 0 saturated carbocycles. The normalized spacial score (nSPS) is 12.9. The molecule has 0 aliphatic carbocycles. The van der Waals surface area contributed by atoms with Crippen molar-refractivity contribution >= 4 is 39.8 Å². The lowest BCUT2D eigenvalue weighted by Gasteiger charge is -2.11. The Balaban J connectivity index is 1.17. The van der Waals surface area contributed by atoms with E-state index in [2.05, 4.69) is 15.3 Å². The fourth-order valence-electron chi connectivity index (χ4n) is 4.02. The molecule has 0 saturated heterocycles. The van der Waals surface area contributed by atoms with Crippen LogP contribution in [-0.2, 0) is 6.54 Å². The number of imidazole rings is 1. The third-order valence-electron chi connectivity index (χ3n) is 5.76. The molecule has 1 N–H and O–H groups in total. The van der Waals surface area contributed by atoms with Crippen molar-refractivity contribution in [1.29, 1.82) is 0 Å². The Kier molecular flexibility index (Phi) is 4.97. The number of imide groups is 1. The molecule has 0 unspecified atom stereocenters. The molecule has 0 fully saturated rings. The van der Waals surface area contributed by atoms with Gasteiger partial charge in [-0.25, -0.2) is 9.97 Å². The van der Waals surface area contributed by atoms with E-state index in [4.69, 9.17) is 0 Å².